The van der Waals surface area contributed by atoms with Gasteiger partial charge in [0.05, 0.1) is 6.04 Å². The van der Waals surface area contributed by atoms with Crippen molar-refractivity contribution in [1.29, 1.82) is 0 Å². The second kappa shape index (κ2) is 5.89. The molecule has 3 rings (SSSR count). The van der Waals surface area contributed by atoms with Gasteiger partial charge in [0.1, 0.15) is 11.6 Å². The van der Waals surface area contributed by atoms with E-state index in [1.165, 1.54) is 18.6 Å². The minimum Gasteiger partial charge on any atom is -0.337 e. The summed E-state index contributed by atoms with van der Waals surface area (Å²) < 4.78 is 31.6. The molecule has 1 fully saturated rings. The average Bonchev–Trinajstić information content (AvgIpc) is 2.96. The highest BCUT2D eigenvalue weighted by molar-refractivity contribution is 5.54. The Morgan fingerprint density at radius 2 is 1.76 bits per heavy atom. The van der Waals surface area contributed by atoms with Gasteiger partial charge in [0.25, 0.3) is 0 Å². The Morgan fingerprint density at radius 1 is 1.10 bits per heavy atom. The van der Waals surface area contributed by atoms with Crippen molar-refractivity contribution >= 4 is 0 Å². The quantitative estimate of drug-likeness (QED) is 0.939. The van der Waals surface area contributed by atoms with E-state index in [-0.39, 0.29) is 17.4 Å². The zero-order valence-corrected chi connectivity index (χ0v) is 11.6. The highest BCUT2D eigenvalue weighted by atomic mass is 19.1. The first-order valence-electron chi connectivity index (χ1n) is 7.19. The van der Waals surface area contributed by atoms with E-state index in [1.54, 1.807) is 0 Å². The number of nitrogens with zero attached hydrogens (tertiary/aromatic N) is 2. The lowest BCUT2D eigenvalue weighted by Crippen LogP contribution is -2.23. The van der Waals surface area contributed by atoms with Crippen molar-refractivity contribution in [3.8, 4) is 11.4 Å². The fraction of sp³-hybridized carbons (Fsp3) is 0.467. The van der Waals surface area contributed by atoms with Gasteiger partial charge >= 0.3 is 0 Å². The van der Waals surface area contributed by atoms with Crippen molar-refractivity contribution in [3.63, 3.8) is 0 Å². The van der Waals surface area contributed by atoms with Crippen LogP contribution in [-0.4, -0.2) is 10.1 Å². The van der Waals surface area contributed by atoms with E-state index < -0.39 is 11.6 Å². The molecule has 4 nitrogen and oxygen atoms in total. The topological polar surface area (TPSA) is 64.9 Å². The van der Waals surface area contributed by atoms with Crippen LogP contribution in [0.4, 0.5) is 8.78 Å². The summed E-state index contributed by atoms with van der Waals surface area (Å²) in [6.45, 7) is 0. The Morgan fingerprint density at radius 3 is 2.43 bits per heavy atom. The fourth-order valence-electron chi connectivity index (χ4n) is 2.87. The summed E-state index contributed by atoms with van der Waals surface area (Å²) in [5, 5.41) is 3.79. The summed E-state index contributed by atoms with van der Waals surface area (Å²) in [6.07, 6.45) is 5.66. The number of hydrogen-bond acceptors (Lipinski definition) is 4. The van der Waals surface area contributed by atoms with Crippen LogP contribution in [0.5, 0.6) is 0 Å². The van der Waals surface area contributed by atoms with Gasteiger partial charge in [-0.1, -0.05) is 24.4 Å². The molecular weight excluding hydrogens is 276 g/mol. The van der Waals surface area contributed by atoms with Crippen molar-refractivity contribution in [2.75, 3.05) is 0 Å². The van der Waals surface area contributed by atoms with Gasteiger partial charge in [-0.3, -0.25) is 0 Å². The van der Waals surface area contributed by atoms with Crippen LogP contribution in [0.3, 0.4) is 0 Å². The van der Waals surface area contributed by atoms with Gasteiger partial charge in [-0.15, -0.1) is 0 Å². The molecule has 112 valence electrons. The van der Waals surface area contributed by atoms with Crippen molar-refractivity contribution in [3.05, 3.63) is 35.7 Å². The van der Waals surface area contributed by atoms with E-state index in [1.807, 2.05) is 0 Å². The smallest absolute Gasteiger partial charge is 0.244 e. The lowest BCUT2D eigenvalue weighted by atomic mass is 9.84. The van der Waals surface area contributed by atoms with E-state index in [0.29, 0.717) is 11.8 Å². The largest absolute Gasteiger partial charge is 0.337 e. The van der Waals surface area contributed by atoms with Crippen LogP contribution in [0.1, 0.15) is 44.0 Å². The summed E-state index contributed by atoms with van der Waals surface area (Å²) in [4.78, 5) is 4.20. The van der Waals surface area contributed by atoms with E-state index >= 15 is 0 Å². The Hall–Kier alpha value is -1.82. The SMILES string of the molecule is NC(c1nc(-c2cc(F)cc(F)c2)no1)C1CCCCC1. The molecular formula is C15H17F2N3O. The predicted octanol–water partition coefficient (Wildman–Crippen LogP) is 3.59. The first-order valence-corrected chi connectivity index (χ1v) is 7.19. The first-order chi connectivity index (χ1) is 10.1. The number of aromatic nitrogens is 2. The molecule has 1 aliphatic carbocycles. The third-order valence-electron chi connectivity index (χ3n) is 4.01. The van der Waals surface area contributed by atoms with Gasteiger partial charge in [-0.25, -0.2) is 8.78 Å². The molecule has 0 saturated heterocycles. The molecule has 6 heteroatoms. The zero-order chi connectivity index (χ0) is 14.8. The highest BCUT2D eigenvalue weighted by Crippen LogP contribution is 2.32. The van der Waals surface area contributed by atoms with Crippen LogP contribution in [0.25, 0.3) is 11.4 Å². The Kier molecular flexibility index (Phi) is 3.96. The minimum absolute atomic E-state index is 0.162. The van der Waals surface area contributed by atoms with Gasteiger partial charge in [0.2, 0.25) is 11.7 Å². The molecule has 0 amide bonds. The fourth-order valence-corrected chi connectivity index (χ4v) is 2.87. The van der Waals surface area contributed by atoms with Crippen LogP contribution in [0.2, 0.25) is 0 Å². The molecule has 1 aliphatic rings. The van der Waals surface area contributed by atoms with Crippen molar-refractivity contribution in [2.24, 2.45) is 11.7 Å². The molecule has 2 aromatic rings. The maximum Gasteiger partial charge on any atom is 0.244 e. The number of rotatable bonds is 3. The highest BCUT2D eigenvalue weighted by Gasteiger charge is 2.26. The van der Waals surface area contributed by atoms with E-state index in [0.717, 1.165) is 31.7 Å². The van der Waals surface area contributed by atoms with E-state index in [4.69, 9.17) is 10.3 Å². The van der Waals surface area contributed by atoms with Crippen LogP contribution >= 0.6 is 0 Å². The molecule has 1 aromatic heterocycles. The minimum atomic E-state index is -0.673. The third-order valence-corrected chi connectivity index (χ3v) is 4.01. The second-order valence-electron chi connectivity index (χ2n) is 5.54. The molecule has 1 unspecified atom stereocenters. The van der Waals surface area contributed by atoms with Gasteiger partial charge < -0.3 is 10.3 Å². The maximum absolute atomic E-state index is 13.2. The lowest BCUT2D eigenvalue weighted by Gasteiger charge is -2.24. The summed E-state index contributed by atoms with van der Waals surface area (Å²) in [6, 6.07) is 2.83. The molecule has 0 aliphatic heterocycles. The van der Waals surface area contributed by atoms with Crippen molar-refractivity contribution < 1.29 is 13.3 Å². The maximum atomic E-state index is 13.2. The Labute approximate surface area is 121 Å². The standard InChI is InChI=1S/C15H17F2N3O/c16-11-6-10(7-12(17)8-11)14-19-15(21-20-14)13(18)9-4-2-1-3-5-9/h6-9,13H,1-5,18H2. The number of nitrogens with two attached hydrogens (primary N) is 1. The molecule has 0 bridgehead atoms. The van der Waals surface area contributed by atoms with Crippen LogP contribution < -0.4 is 5.73 Å². The zero-order valence-electron chi connectivity index (χ0n) is 11.6. The number of hydrogen-bond donors (Lipinski definition) is 1. The van der Waals surface area contributed by atoms with Gasteiger partial charge in [0, 0.05) is 11.6 Å². The summed E-state index contributed by atoms with van der Waals surface area (Å²) in [7, 11) is 0. The Balaban J connectivity index is 1.82. The van der Waals surface area contributed by atoms with Gasteiger partial charge in [-0.2, -0.15) is 4.98 Å². The average molecular weight is 293 g/mol. The number of benzene rings is 1. The molecule has 1 aromatic carbocycles. The second-order valence-corrected chi connectivity index (χ2v) is 5.54. The summed E-state index contributed by atoms with van der Waals surface area (Å²) in [5.41, 5.74) is 6.43. The molecule has 0 radical (unpaired) electrons. The van der Waals surface area contributed by atoms with Crippen LogP contribution in [0.15, 0.2) is 22.7 Å². The van der Waals surface area contributed by atoms with Gasteiger partial charge in [-0.05, 0) is 30.9 Å². The molecule has 1 saturated carbocycles. The number of halogens is 2. The molecule has 0 spiro atoms. The lowest BCUT2D eigenvalue weighted by molar-refractivity contribution is 0.255. The summed E-state index contributed by atoms with van der Waals surface area (Å²) >= 11 is 0. The molecule has 1 heterocycles. The van der Waals surface area contributed by atoms with E-state index in [9.17, 15) is 8.78 Å². The van der Waals surface area contributed by atoms with Crippen LogP contribution in [-0.2, 0) is 0 Å². The monoisotopic (exact) mass is 293 g/mol. The van der Waals surface area contributed by atoms with Crippen LogP contribution in [0, 0.1) is 17.6 Å². The van der Waals surface area contributed by atoms with Crippen molar-refractivity contribution in [1.82, 2.24) is 10.1 Å². The normalized spacial score (nSPS) is 17.9. The summed E-state index contributed by atoms with van der Waals surface area (Å²) in [5.74, 6) is -0.520. The van der Waals surface area contributed by atoms with Gasteiger partial charge in [0.15, 0.2) is 0 Å². The Bertz CT molecular complexity index is 603. The molecule has 1 atom stereocenters. The predicted molar refractivity (Wildman–Crippen MR) is 73.2 cm³/mol. The van der Waals surface area contributed by atoms with E-state index in [2.05, 4.69) is 10.1 Å². The van der Waals surface area contributed by atoms with Crippen molar-refractivity contribution in [2.45, 2.75) is 38.1 Å². The third kappa shape index (κ3) is 3.10. The molecule has 21 heavy (non-hydrogen) atoms. The molecule has 2 N–H and O–H groups in total. The first kappa shape index (κ1) is 14.1.